The summed E-state index contributed by atoms with van der Waals surface area (Å²) in [6.45, 7) is 0.318. The number of carbonyl (C=O) groups excluding carboxylic acids is 1. The van der Waals surface area contributed by atoms with Gasteiger partial charge in [0.15, 0.2) is 5.76 Å². The van der Waals surface area contributed by atoms with Gasteiger partial charge in [-0.05, 0) is 18.6 Å². The van der Waals surface area contributed by atoms with Crippen LogP contribution in [0.5, 0.6) is 0 Å². The quantitative estimate of drug-likeness (QED) is 0.660. The Morgan fingerprint density at radius 1 is 1.20 bits per heavy atom. The summed E-state index contributed by atoms with van der Waals surface area (Å²) in [6.07, 6.45) is 2.24. The van der Waals surface area contributed by atoms with Crippen LogP contribution >= 0.6 is 0 Å². The first-order valence-corrected chi connectivity index (χ1v) is 8.13. The molecule has 25 heavy (non-hydrogen) atoms. The van der Waals surface area contributed by atoms with Crippen molar-refractivity contribution in [2.45, 2.75) is 25.0 Å². The lowest BCUT2D eigenvalue weighted by molar-refractivity contribution is -0.123. The van der Waals surface area contributed by atoms with Crippen LogP contribution in [-0.4, -0.2) is 17.1 Å². The topological polar surface area (TPSA) is 92.3 Å². The Labute approximate surface area is 144 Å². The van der Waals surface area contributed by atoms with Gasteiger partial charge in [0.1, 0.15) is 17.5 Å². The van der Waals surface area contributed by atoms with Crippen LogP contribution in [0.4, 0.5) is 0 Å². The van der Waals surface area contributed by atoms with Gasteiger partial charge in [0.05, 0.1) is 18.8 Å². The second-order valence-electron chi connectivity index (χ2n) is 5.91. The van der Waals surface area contributed by atoms with Gasteiger partial charge in [0.2, 0.25) is 5.91 Å². The smallest absolute Gasteiger partial charge is 0.238 e. The Bertz CT molecular complexity index is 829. The van der Waals surface area contributed by atoms with Gasteiger partial charge >= 0.3 is 0 Å². The van der Waals surface area contributed by atoms with E-state index in [4.69, 9.17) is 8.94 Å². The fourth-order valence-corrected chi connectivity index (χ4v) is 2.84. The molecule has 1 aliphatic rings. The number of hydrazine groups is 1. The van der Waals surface area contributed by atoms with Crippen molar-refractivity contribution in [3.63, 3.8) is 0 Å². The highest BCUT2D eigenvalue weighted by Gasteiger charge is 2.31. The molecule has 2 unspecified atom stereocenters. The number of rotatable bonds is 5. The van der Waals surface area contributed by atoms with E-state index in [1.54, 1.807) is 6.26 Å². The zero-order chi connectivity index (χ0) is 17.1. The van der Waals surface area contributed by atoms with Gasteiger partial charge in [-0.25, -0.2) is 10.9 Å². The summed E-state index contributed by atoms with van der Waals surface area (Å²) in [5.74, 6) is 1.40. The second kappa shape index (κ2) is 6.92. The van der Waals surface area contributed by atoms with Gasteiger partial charge in [-0.1, -0.05) is 35.5 Å². The zero-order valence-corrected chi connectivity index (χ0v) is 13.4. The van der Waals surface area contributed by atoms with Crippen LogP contribution in [0.3, 0.4) is 0 Å². The van der Waals surface area contributed by atoms with Gasteiger partial charge < -0.3 is 14.3 Å². The minimum Gasteiger partial charge on any atom is -0.468 e. The number of carbonyl (C=O) groups is 1. The highest BCUT2D eigenvalue weighted by molar-refractivity contribution is 5.82. The molecule has 3 aromatic rings. The van der Waals surface area contributed by atoms with Crippen molar-refractivity contribution in [3.8, 4) is 11.3 Å². The summed E-state index contributed by atoms with van der Waals surface area (Å²) in [5, 5.41) is 6.88. The number of amides is 1. The summed E-state index contributed by atoms with van der Waals surface area (Å²) < 4.78 is 10.7. The van der Waals surface area contributed by atoms with Gasteiger partial charge in [0, 0.05) is 11.6 Å². The number of nitrogens with zero attached hydrogens (tertiary/aromatic N) is 1. The molecule has 7 heteroatoms. The molecule has 1 aromatic carbocycles. The van der Waals surface area contributed by atoms with E-state index >= 15 is 0 Å². The second-order valence-corrected chi connectivity index (χ2v) is 5.91. The predicted octanol–water partition coefficient (Wildman–Crippen LogP) is 2.16. The predicted molar refractivity (Wildman–Crippen MR) is 89.9 cm³/mol. The van der Waals surface area contributed by atoms with Crippen LogP contribution in [0.15, 0.2) is 63.7 Å². The number of nitrogens with one attached hydrogen (secondary N) is 3. The first kappa shape index (κ1) is 15.6. The molecule has 4 rings (SSSR count). The molecule has 2 aromatic heterocycles. The van der Waals surface area contributed by atoms with Crippen molar-refractivity contribution >= 4 is 5.91 Å². The molecule has 1 saturated heterocycles. The van der Waals surface area contributed by atoms with Crippen molar-refractivity contribution in [1.29, 1.82) is 0 Å². The molecule has 0 bridgehead atoms. The fourth-order valence-electron chi connectivity index (χ4n) is 2.84. The number of hydrogen-bond donors (Lipinski definition) is 3. The zero-order valence-electron chi connectivity index (χ0n) is 13.4. The largest absolute Gasteiger partial charge is 0.468 e. The van der Waals surface area contributed by atoms with Crippen LogP contribution in [0.25, 0.3) is 11.3 Å². The lowest BCUT2D eigenvalue weighted by Crippen LogP contribution is -2.42. The van der Waals surface area contributed by atoms with Crippen molar-refractivity contribution in [3.05, 3.63) is 66.2 Å². The van der Waals surface area contributed by atoms with Crippen LogP contribution < -0.4 is 16.2 Å². The molecule has 1 fully saturated rings. The maximum absolute atomic E-state index is 12.3. The van der Waals surface area contributed by atoms with Gasteiger partial charge in [0.25, 0.3) is 0 Å². The average Bonchev–Trinajstić information content (AvgIpc) is 3.41. The molecular weight excluding hydrogens is 320 g/mol. The lowest BCUT2D eigenvalue weighted by Gasteiger charge is -2.08. The fraction of sp³-hybridized carbons (Fsp3) is 0.222. The third-order valence-corrected chi connectivity index (χ3v) is 4.17. The van der Waals surface area contributed by atoms with E-state index in [1.165, 1.54) is 0 Å². The van der Waals surface area contributed by atoms with Crippen LogP contribution in [0.1, 0.15) is 23.9 Å². The molecule has 0 aliphatic carbocycles. The summed E-state index contributed by atoms with van der Waals surface area (Å²) in [4.78, 5) is 12.3. The molecular formula is C18H18N4O3. The normalized spacial score (nSPS) is 19.8. The number of hydrogen-bond acceptors (Lipinski definition) is 6. The third-order valence-electron chi connectivity index (χ3n) is 4.17. The molecule has 7 nitrogen and oxygen atoms in total. The van der Waals surface area contributed by atoms with E-state index in [9.17, 15) is 4.79 Å². The molecule has 1 amide bonds. The van der Waals surface area contributed by atoms with Crippen molar-refractivity contribution < 1.29 is 13.7 Å². The van der Waals surface area contributed by atoms with Crippen LogP contribution in [-0.2, 0) is 11.3 Å². The third kappa shape index (κ3) is 3.47. The summed E-state index contributed by atoms with van der Waals surface area (Å²) in [6, 6.07) is 14.9. The van der Waals surface area contributed by atoms with Gasteiger partial charge in [-0.2, -0.15) is 0 Å². The van der Waals surface area contributed by atoms with Gasteiger partial charge in [-0.3, -0.25) is 4.79 Å². The number of furan rings is 1. The molecule has 0 radical (unpaired) electrons. The number of aromatic nitrogens is 1. The van der Waals surface area contributed by atoms with E-state index in [0.717, 1.165) is 11.3 Å². The lowest BCUT2D eigenvalue weighted by atomic mass is 10.1. The standard InChI is InChI=1S/C18H18N4O3/c23-18(15-10-14(20-21-15)16-7-4-8-24-16)19-11-13-9-17(25-22-13)12-5-2-1-3-6-12/h1-9,14-15,20-21H,10-11H2,(H,19,23). The molecule has 0 spiro atoms. The highest BCUT2D eigenvalue weighted by atomic mass is 16.5. The summed E-state index contributed by atoms with van der Waals surface area (Å²) in [5.41, 5.74) is 7.71. The summed E-state index contributed by atoms with van der Waals surface area (Å²) >= 11 is 0. The maximum atomic E-state index is 12.3. The Kier molecular flexibility index (Phi) is 4.32. The Morgan fingerprint density at radius 2 is 2.08 bits per heavy atom. The SMILES string of the molecule is O=C(NCc1cc(-c2ccccc2)on1)C1CC(c2ccco2)NN1. The average molecular weight is 338 g/mol. The van der Waals surface area contributed by atoms with Crippen LogP contribution in [0, 0.1) is 0 Å². The minimum atomic E-state index is -0.324. The molecule has 128 valence electrons. The first-order valence-electron chi connectivity index (χ1n) is 8.13. The van der Waals surface area contributed by atoms with Crippen molar-refractivity contribution in [2.24, 2.45) is 0 Å². The van der Waals surface area contributed by atoms with Crippen molar-refractivity contribution in [1.82, 2.24) is 21.3 Å². The Balaban J connectivity index is 1.31. The first-order chi connectivity index (χ1) is 12.3. The van der Waals surface area contributed by atoms with E-state index in [0.29, 0.717) is 24.4 Å². The molecule has 0 saturated carbocycles. The van der Waals surface area contributed by atoms with E-state index in [2.05, 4.69) is 21.3 Å². The molecule has 3 heterocycles. The summed E-state index contributed by atoms with van der Waals surface area (Å²) in [7, 11) is 0. The van der Waals surface area contributed by atoms with E-state index in [-0.39, 0.29) is 18.0 Å². The highest BCUT2D eigenvalue weighted by Crippen LogP contribution is 2.23. The van der Waals surface area contributed by atoms with Crippen LogP contribution in [0.2, 0.25) is 0 Å². The monoisotopic (exact) mass is 338 g/mol. The van der Waals surface area contributed by atoms with E-state index < -0.39 is 0 Å². The number of benzene rings is 1. The molecule has 1 aliphatic heterocycles. The van der Waals surface area contributed by atoms with E-state index in [1.807, 2.05) is 48.5 Å². The maximum Gasteiger partial charge on any atom is 0.238 e. The molecule has 2 atom stereocenters. The Hall–Kier alpha value is -2.90. The van der Waals surface area contributed by atoms with Gasteiger partial charge in [-0.15, -0.1) is 0 Å². The Morgan fingerprint density at radius 3 is 2.88 bits per heavy atom. The van der Waals surface area contributed by atoms with Crippen molar-refractivity contribution in [2.75, 3.05) is 0 Å². The minimum absolute atomic E-state index is 0.0116. The molecule has 3 N–H and O–H groups in total.